The molecule has 0 saturated carbocycles. The van der Waals surface area contributed by atoms with Crippen molar-refractivity contribution in [3.8, 4) is 0 Å². The first-order valence-corrected chi connectivity index (χ1v) is 6.29. The summed E-state index contributed by atoms with van der Waals surface area (Å²) in [5.74, 6) is 0.594. The number of rotatable bonds is 1. The Morgan fingerprint density at radius 2 is 2.00 bits per heavy atom. The maximum atomic E-state index is 4.12. The number of nitrogens with one attached hydrogen (secondary N) is 1. The molecule has 0 radical (unpaired) electrons. The second-order valence-electron chi connectivity index (χ2n) is 3.76. The Morgan fingerprint density at radius 1 is 1.36 bits per heavy atom. The minimum Gasteiger partial charge on any atom is -0.314 e. The van der Waals surface area contributed by atoms with Crippen LogP contribution in [0.25, 0.3) is 0 Å². The van der Waals surface area contributed by atoms with Crippen LogP contribution in [0, 0.1) is 0 Å². The van der Waals surface area contributed by atoms with Gasteiger partial charge in [-0.3, -0.25) is 4.98 Å². The molecule has 2 unspecified atom stereocenters. The van der Waals surface area contributed by atoms with Crippen LogP contribution in [0.1, 0.15) is 24.8 Å². The molecule has 4 heteroatoms. The Kier molecular flexibility index (Phi) is 3.24. The molecule has 0 amide bonds. The van der Waals surface area contributed by atoms with Crippen LogP contribution in [0.2, 0.25) is 0 Å². The van der Waals surface area contributed by atoms with Crippen molar-refractivity contribution in [2.75, 3.05) is 6.54 Å². The molecule has 0 aromatic carbocycles. The van der Waals surface area contributed by atoms with E-state index in [-0.39, 0.29) is 0 Å². The van der Waals surface area contributed by atoms with Crippen molar-refractivity contribution in [1.29, 1.82) is 0 Å². The standard InChI is InChI=1S/C10H12Br2N2/c1-6-2-7(3-14-6)10-8(11)4-13-5-9(10)12/h4-7,14H,2-3H2,1H3. The van der Waals surface area contributed by atoms with Gasteiger partial charge in [0.1, 0.15) is 0 Å². The summed E-state index contributed by atoms with van der Waals surface area (Å²) in [6.45, 7) is 3.28. The summed E-state index contributed by atoms with van der Waals surface area (Å²) in [4.78, 5) is 4.12. The van der Waals surface area contributed by atoms with Gasteiger partial charge in [-0.05, 0) is 50.8 Å². The van der Waals surface area contributed by atoms with Gasteiger partial charge in [-0.25, -0.2) is 0 Å². The number of hydrogen-bond donors (Lipinski definition) is 1. The Labute approximate surface area is 101 Å². The molecule has 0 spiro atoms. The molecule has 1 aromatic rings. The predicted molar refractivity (Wildman–Crippen MR) is 64.5 cm³/mol. The third-order valence-electron chi connectivity index (χ3n) is 2.65. The molecule has 14 heavy (non-hydrogen) atoms. The maximum absolute atomic E-state index is 4.12. The lowest BCUT2D eigenvalue weighted by Crippen LogP contribution is -2.16. The number of nitrogens with zero attached hydrogens (tertiary/aromatic N) is 1. The van der Waals surface area contributed by atoms with Gasteiger partial charge < -0.3 is 5.32 Å². The van der Waals surface area contributed by atoms with Crippen LogP contribution in [0.3, 0.4) is 0 Å². The van der Waals surface area contributed by atoms with Gasteiger partial charge >= 0.3 is 0 Å². The fourth-order valence-corrected chi connectivity index (χ4v) is 3.55. The largest absolute Gasteiger partial charge is 0.314 e. The number of pyridine rings is 1. The van der Waals surface area contributed by atoms with Gasteiger partial charge in [-0.2, -0.15) is 0 Å². The molecular weight excluding hydrogens is 308 g/mol. The highest BCUT2D eigenvalue weighted by Crippen LogP contribution is 2.35. The summed E-state index contributed by atoms with van der Waals surface area (Å²) in [5, 5.41) is 3.46. The van der Waals surface area contributed by atoms with Crippen LogP contribution in [0.15, 0.2) is 21.3 Å². The van der Waals surface area contributed by atoms with Crippen molar-refractivity contribution >= 4 is 31.9 Å². The van der Waals surface area contributed by atoms with Crippen LogP contribution in [-0.2, 0) is 0 Å². The number of halogens is 2. The first-order valence-electron chi connectivity index (χ1n) is 4.70. The average Bonchev–Trinajstić information content (AvgIpc) is 2.51. The van der Waals surface area contributed by atoms with Gasteiger partial charge in [0.2, 0.25) is 0 Å². The normalized spacial score (nSPS) is 26.8. The maximum Gasteiger partial charge on any atom is 0.0413 e. The fourth-order valence-electron chi connectivity index (χ4n) is 1.97. The summed E-state index contributed by atoms with van der Waals surface area (Å²) in [7, 11) is 0. The first kappa shape index (κ1) is 10.6. The molecule has 1 aliphatic heterocycles. The zero-order valence-electron chi connectivity index (χ0n) is 7.93. The Balaban J connectivity index is 2.31. The highest BCUT2D eigenvalue weighted by molar-refractivity contribution is 9.11. The zero-order valence-corrected chi connectivity index (χ0v) is 11.1. The monoisotopic (exact) mass is 318 g/mol. The minimum absolute atomic E-state index is 0.594. The lowest BCUT2D eigenvalue weighted by atomic mass is 9.98. The van der Waals surface area contributed by atoms with E-state index in [9.17, 15) is 0 Å². The van der Waals surface area contributed by atoms with E-state index in [4.69, 9.17) is 0 Å². The lowest BCUT2D eigenvalue weighted by molar-refractivity contribution is 0.658. The minimum atomic E-state index is 0.594. The number of hydrogen-bond acceptors (Lipinski definition) is 2. The second-order valence-corrected chi connectivity index (χ2v) is 5.47. The summed E-state index contributed by atoms with van der Waals surface area (Å²) >= 11 is 7.11. The molecule has 0 bridgehead atoms. The Morgan fingerprint density at radius 3 is 2.50 bits per heavy atom. The van der Waals surface area contributed by atoms with E-state index in [0.29, 0.717) is 12.0 Å². The molecular formula is C10H12Br2N2. The summed E-state index contributed by atoms with van der Waals surface area (Å²) in [5.41, 5.74) is 1.34. The lowest BCUT2D eigenvalue weighted by Gasteiger charge is -2.12. The van der Waals surface area contributed by atoms with Gasteiger partial charge in [-0.15, -0.1) is 0 Å². The van der Waals surface area contributed by atoms with Crippen LogP contribution >= 0.6 is 31.9 Å². The molecule has 76 valence electrons. The van der Waals surface area contributed by atoms with Gasteiger partial charge in [0.25, 0.3) is 0 Å². The zero-order chi connectivity index (χ0) is 10.1. The quantitative estimate of drug-likeness (QED) is 0.860. The average molecular weight is 320 g/mol. The van der Waals surface area contributed by atoms with Gasteiger partial charge in [0.15, 0.2) is 0 Å². The van der Waals surface area contributed by atoms with Gasteiger partial charge in [0.05, 0.1) is 0 Å². The van der Waals surface area contributed by atoms with Crippen molar-refractivity contribution < 1.29 is 0 Å². The van der Waals surface area contributed by atoms with E-state index in [1.54, 1.807) is 0 Å². The summed E-state index contributed by atoms with van der Waals surface area (Å²) in [6.07, 6.45) is 4.92. The third-order valence-corrected chi connectivity index (χ3v) is 3.91. The molecule has 2 nitrogen and oxygen atoms in total. The summed E-state index contributed by atoms with van der Waals surface area (Å²) in [6, 6.07) is 0.618. The predicted octanol–water partition coefficient (Wildman–Crippen LogP) is 3.07. The van der Waals surface area contributed by atoms with Gasteiger partial charge in [-0.1, -0.05) is 0 Å². The Bertz CT molecular complexity index is 321. The van der Waals surface area contributed by atoms with E-state index in [0.717, 1.165) is 15.5 Å². The third kappa shape index (κ3) is 2.02. The highest BCUT2D eigenvalue weighted by Gasteiger charge is 2.25. The highest BCUT2D eigenvalue weighted by atomic mass is 79.9. The van der Waals surface area contributed by atoms with Crippen molar-refractivity contribution in [3.05, 3.63) is 26.9 Å². The van der Waals surface area contributed by atoms with E-state index in [1.165, 1.54) is 12.0 Å². The molecule has 1 aliphatic rings. The SMILES string of the molecule is CC1CC(c2c(Br)cncc2Br)CN1. The molecule has 1 saturated heterocycles. The Hall–Kier alpha value is 0.0700. The number of aromatic nitrogens is 1. The first-order chi connectivity index (χ1) is 6.68. The molecule has 2 rings (SSSR count). The molecule has 0 aliphatic carbocycles. The molecule has 1 fully saturated rings. The van der Waals surface area contributed by atoms with Crippen LogP contribution < -0.4 is 5.32 Å². The van der Waals surface area contributed by atoms with Crippen molar-refractivity contribution in [3.63, 3.8) is 0 Å². The van der Waals surface area contributed by atoms with Crippen molar-refractivity contribution in [2.24, 2.45) is 0 Å². The van der Waals surface area contributed by atoms with E-state index >= 15 is 0 Å². The molecule has 1 aromatic heterocycles. The summed E-state index contributed by atoms with van der Waals surface area (Å²) < 4.78 is 2.21. The fraction of sp³-hybridized carbons (Fsp3) is 0.500. The molecule has 2 heterocycles. The van der Waals surface area contributed by atoms with Gasteiger partial charge in [0, 0.05) is 39.8 Å². The second kappa shape index (κ2) is 4.29. The van der Waals surface area contributed by atoms with E-state index < -0.39 is 0 Å². The smallest absolute Gasteiger partial charge is 0.0413 e. The van der Waals surface area contributed by atoms with Crippen molar-refractivity contribution in [2.45, 2.75) is 25.3 Å². The molecule has 1 N–H and O–H groups in total. The van der Waals surface area contributed by atoms with E-state index in [1.807, 2.05) is 12.4 Å². The van der Waals surface area contributed by atoms with Crippen LogP contribution in [-0.4, -0.2) is 17.6 Å². The topological polar surface area (TPSA) is 24.9 Å². The van der Waals surface area contributed by atoms with E-state index in [2.05, 4.69) is 49.1 Å². The van der Waals surface area contributed by atoms with Crippen molar-refractivity contribution in [1.82, 2.24) is 10.3 Å². The molecule has 2 atom stereocenters. The van der Waals surface area contributed by atoms with Crippen LogP contribution in [0.5, 0.6) is 0 Å². The van der Waals surface area contributed by atoms with Crippen LogP contribution in [0.4, 0.5) is 0 Å².